The van der Waals surface area contributed by atoms with Crippen LogP contribution in [0.25, 0.3) is 0 Å². The summed E-state index contributed by atoms with van der Waals surface area (Å²) in [6.45, 7) is 3.69. The lowest BCUT2D eigenvalue weighted by Crippen LogP contribution is -2.13. The third-order valence-corrected chi connectivity index (χ3v) is 4.23. The predicted molar refractivity (Wildman–Crippen MR) is 62.8 cm³/mol. The molecule has 0 heterocycles. The molecule has 2 N–H and O–H groups in total. The first-order valence-corrected chi connectivity index (χ1v) is 6.64. The number of rotatable bonds is 3. The lowest BCUT2D eigenvalue weighted by Gasteiger charge is -2.09. The summed E-state index contributed by atoms with van der Waals surface area (Å²) in [6.07, 6.45) is 0. The Hall–Kier alpha value is -0.740. The largest absolute Gasteiger partial charge is 0.398 e. The number of hydrogen-bond donors (Lipinski definition) is 1. The monoisotopic (exact) mass is 247 g/mol. The first-order chi connectivity index (χ1) is 6.83. The average molecular weight is 248 g/mol. The van der Waals surface area contributed by atoms with E-state index in [9.17, 15) is 8.42 Å². The van der Waals surface area contributed by atoms with Crippen molar-refractivity contribution in [3.8, 4) is 0 Å². The molecule has 0 aliphatic rings. The van der Waals surface area contributed by atoms with Gasteiger partial charge in [-0.3, -0.25) is 0 Å². The first-order valence-electron chi connectivity index (χ1n) is 4.60. The van der Waals surface area contributed by atoms with E-state index < -0.39 is 9.84 Å². The molecule has 1 aromatic carbocycles. The van der Waals surface area contributed by atoms with Crippen LogP contribution in [-0.4, -0.2) is 14.2 Å². The molecule has 0 aliphatic carbocycles. The van der Waals surface area contributed by atoms with Gasteiger partial charge < -0.3 is 5.73 Å². The normalized spacial score (nSPS) is 12.0. The van der Waals surface area contributed by atoms with Crippen LogP contribution in [0.15, 0.2) is 23.1 Å². The summed E-state index contributed by atoms with van der Waals surface area (Å²) in [5, 5.41) is 0.381. The van der Waals surface area contributed by atoms with Crippen LogP contribution in [0.1, 0.15) is 13.8 Å². The summed E-state index contributed by atoms with van der Waals surface area (Å²) in [7, 11) is -3.32. The molecule has 0 bridgehead atoms. The molecule has 0 atom stereocenters. The summed E-state index contributed by atoms with van der Waals surface area (Å²) < 4.78 is 23.8. The number of sulfone groups is 1. The van der Waals surface area contributed by atoms with Gasteiger partial charge in [0.25, 0.3) is 0 Å². The van der Waals surface area contributed by atoms with Gasteiger partial charge in [0, 0.05) is 5.02 Å². The maximum absolute atomic E-state index is 11.9. The molecule has 1 rings (SSSR count). The summed E-state index contributed by atoms with van der Waals surface area (Å²) in [4.78, 5) is 0.128. The van der Waals surface area contributed by atoms with Crippen LogP contribution >= 0.6 is 11.6 Å². The van der Waals surface area contributed by atoms with E-state index in [0.717, 1.165) is 0 Å². The standard InChI is InChI=1S/C10H14ClNO2S/c1-7(2)6-15(13,14)10-5-8(11)3-4-9(10)12/h3-5,7H,6,12H2,1-2H3. The molecule has 15 heavy (non-hydrogen) atoms. The Bertz CT molecular complexity index is 454. The van der Waals surface area contributed by atoms with Crippen molar-refractivity contribution < 1.29 is 8.42 Å². The van der Waals surface area contributed by atoms with Crippen molar-refractivity contribution in [3.05, 3.63) is 23.2 Å². The number of hydrogen-bond acceptors (Lipinski definition) is 3. The second-order valence-corrected chi connectivity index (χ2v) is 6.30. The van der Waals surface area contributed by atoms with Gasteiger partial charge in [0.2, 0.25) is 0 Å². The molecule has 5 heteroatoms. The second kappa shape index (κ2) is 4.41. The molecule has 0 radical (unpaired) electrons. The van der Waals surface area contributed by atoms with E-state index in [4.69, 9.17) is 17.3 Å². The maximum Gasteiger partial charge on any atom is 0.180 e. The minimum atomic E-state index is -3.32. The van der Waals surface area contributed by atoms with Gasteiger partial charge in [0.05, 0.1) is 16.3 Å². The molecule has 0 saturated heterocycles. The van der Waals surface area contributed by atoms with Crippen molar-refractivity contribution in [2.24, 2.45) is 5.92 Å². The van der Waals surface area contributed by atoms with Crippen LogP contribution in [0.2, 0.25) is 5.02 Å². The Morgan fingerprint density at radius 1 is 1.40 bits per heavy atom. The van der Waals surface area contributed by atoms with Crippen LogP contribution in [0.3, 0.4) is 0 Å². The van der Waals surface area contributed by atoms with Gasteiger partial charge in [0.15, 0.2) is 9.84 Å². The topological polar surface area (TPSA) is 60.2 Å². The van der Waals surface area contributed by atoms with Crippen molar-refractivity contribution in [1.82, 2.24) is 0 Å². The second-order valence-electron chi connectivity index (χ2n) is 3.86. The third kappa shape index (κ3) is 3.11. The lowest BCUT2D eigenvalue weighted by atomic mass is 10.3. The Kier molecular flexibility index (Phi) is 3.62. The van der Waals surface area contributed by atoms with E-state index in [2.05, 4.69) is 0 Å². The fourth-order valence-corrected chi connectivity index (χ4v) is 3.33. The molecule has 0 fully saturated rings. The summed E-state index contributed by atoms with van der Waals surface area (Å²) in [5.41, 5.74) is 5.86. The van der Waals surface area contributed by atoms with Gasteiger partial charge in [-0.15, -0.1) is 0 Å². The minimum absolute atomic E-state index is 0.0633. The number of anilines is 1. The fraction of sp³-hybridized carbons (Fsp3) is 0.400. The van der Waals surface area contributed by atoms with Gasteiger partial charge in [0.1, 0.15) is 0 Å². The zero-order chi connectivity index (χ0) is 11.6. The van der Waals surface area contributed by atoms with Gasteiger partial charge in [-0.2, -0.15) is 0 Å². The SMILES string of the molecule is CC(C)CS(=O)(=O)c1cc(Cl)ccc1N. The molecule has 84 valence electrons. The Morgan fingerprint density at radius 2 is 2.00 bits per heavy atom. The molecule has 0 spiro atoms. The highest BCUT2D eigenvalue weighted by molar-refractivity contribution is 7.91. The van der Waals surface area contributed by atoms with Crippen molar-refractivity contribution in [3.63, 3.8) is 0 Å². The molecule has 0 aliphatic heterocycles. The average Bonchev–Trinajstić information content (AvgIpc) is 2.06. The Labute approximate surface area is 95.2 Å². The highest BCUT2D eigenvalue weighted by Gasteiger charge is 2.19. The van der Waals surface area contributed by atoms with Crippen LogP contribution in [0, 0.1) is 5.92 Å². The van der Waals surface area contributed by atoms with Gasteiger partial charge in [-0.1, -0.05) is 25.4 Å². The van der Waals surface area contributed by atoms with E-state index in [1.165, 1.54) is 12.1 Å². The maximum atomic E-state index is 11.9. The van der Waals surface area contributed by atoms with E-state index >= 15 is 0 Å². The smallest absolute Gasteiger partial charge is 0.180 e. The van der Waals surface area contributed by atoms with Gasteiger partial charge in [-0.25, -0.2) is 8.42 Å². The van der Waals surface area contributed by atoms with E-state index in [-0.39, 0.29) is 22.3 Å². The van der Waals surface area contributed by atoms with Crippen molar-refractivity contribution in [1.29, 1.82) is 0 Å². The van der Waals surface area contributed by atoms with E-state index in [1.807, 2.05) is 13.8 Å². The molecular weight excluding hydrogens is 234 g/mol. The van der Waals surface area contributed by atoms with Crippen LogP contribution in [-0.2, 0) is 9.84 Å². The number of nitrogens with two attached hydrogens (primary N) is 1. The van der Waals surface area contributed by atoms with Crippen molar-refractivity contribution >= 4 is 27.1 Å². The zero-order valence-electron chi connectivity index (χ0n) is 8.70. The molecular formula is C10H14ClNO2S. The molecule has 1 aromatic rings. The number of halogens is 1. The van der Waals surface area contributed by atoms with Crippen molar-refractivity contribution in [2.45, 2.75) is 18.7 Å². The first kappa shape index (κ1) is 12.3. The van der Waals surface area contributed by atoms with E-state index in [0.29, 0.717) is 5.02 Å². The highest BCUT2D eigenvalue weighted by atomic mass is 35.5. The third-order valence-electron chi connectivity index (χ3n) is 1.86. The molecule has 0 amide bonds. The predicted octanol–water partition coefficient (Wildman–Crippen LogP) is 2.35. The summed E-state index contributed by atoms with van der Waals surface area (Å²) in [5.74, 6) is 0.144. The van der Waals surface area contributed by atoms with Crippen molar-refractivity contribution in [2.75, 3.05) is 11.5 Å². The molecule has 0 aromatic heterocycles. The minimum Gasteiger partial charge on any atom is -0.398 e. The van der Waals surface area contributed by atoms with E-state index in [1.54, 1.807) is 6.07 Å². The Balaban J connectivity index is 3.21. The Morgan fingerprint density at radius 3 is 2.53 bits per heavy atom. The van der Waals surface area contributed by atoms with Gasteiger partial charge >= 0.3 is 0 Å². The van der Waals surface area contributed by atoms with Crippen LogP contribution in [0.4, 0.5) is 5.69 Å². The summed E-state index contributed by atoms with van der Waals surface area (Å²) in [6, 6.07) is 4.48. The number of nitrogen functional groups attached to an aromatic ring is 1. The molecule has 3 nitrogen and oxygen atoms in total. The zero-order valence-corrected chi connectivity index (χ0v) is 10.3. The summed E-state index contributed by atoms with van der Waals surface area (Å²) >= 11 is 5.74. The molecule has 0 saturated carbocycles. The lowest BCUT2D eigenvalue weighted by molar-refractivity contribution is 0.583. The highest BCUT2D eigenvalue weighted by Crippen LogP contribution is 2.24. The quantitative estimate of drug-likeness (QED) is 0.834. The van der Waals surface area contributed by atoms with Crippen LogP contribution in [0.5, 0.6) is 0 Å². The van der Waals surface area contributed by atoms with Gasteiger partial charge in [-0.05, 0) is 24.1 Å². The number of benzene rings is 1. The molecule has 0 unspecified atom stereocenters. The fourth-order valence-electron chi connectivity index (χ4n) is 1.31. The van der Waals surface area contributed by atoms with Crippen LogP contribution < -0.4 is 5.73 Å².